The van der Waals surface area contributed by atoms with Gasteiger partial charge in [-0.3, -0.25) is 0 Å². The van der Waals surface area contributed by atoms with Crippen LogP contribution in [0, 0.1) is 5.41 Å². The van der Waals surface area contributed by atoms with Crippen molar-refractivity contribution in [3.63, 3.8) is 0 Å². The molecule has 1 rings (SSSR count). The van der Waals surface area contributed by atoms with Crippen LogP contribution in [0.25, 0.3) is 0 Å². The van der Waals surface area contributed by atoms with Gasteiger partial charge in [-0.25, -0.2) is 0 Å². The van der Waals surface area contributed by atoms with Gasteiger partial charge >= 0.3 is 0 Å². The number of rotatable bonds is 5. The highest BCUT2D eigenvalue weighted by molar-refractivity contribution is 5.39. The van der Waals surface area contributed by atoms with Gasteiger partial charge in [0.05, 0.1) is 12.7 Å². The average Bonchev–Trinajstić information content (AvgIpc) is 2.44. The van der Waals surface area contributed by atoms with E-state index in [2.05, 4.69) is 13.8 Å². The van der Waals surface area contributed by atoms with E-state index in [1.165, 1.54) is 0 Å². The van der Waals surface area contributed by atoms with E-state index in [1.807, 2.05) is 51.2 Å². The van der Waals surface area contributed by atoms with Crippen LogP contribution in [0.4, 0.5) is 0 Å². The number of aliphatic hydroxyl groups excluding tert-OH is 3. The first-order valence-electron chi connectivity index (χ1n) is 8.07. The minimum absolute atomic E-state index is 0.0511. The molecule has 0 aromatic carbocycles. The van der Waals surface area contributed by atoms with Crippen LogP contribution in [-0.2, 0) is 0 Å². The van der Waals surface area contributed by atoms with E-state index in [1.54, 1.807) is 6.08 Å². The van der Waals surface area contributed by atoms with E-state index in [9.17, 15) is 10.2 Å². The number of hydrogen-bond acceptors (Lipinski definition) is 3. The van der Waals surface area contributed by atoms with Gasteiger partial charge < -0.3 is 15.3 Å². The highest BCUT2D eigenvalue weighted by atomic mass is 16.3. The second-order valence-corrected chi connectivity index (χ2v) is 6.93. The van der Waals surface area contributed by atoms with E-state index >= 15 is 0 Å². The molecule has 3 N–H and O–H groups in total. The zero-order valence-corrected chi connectivity index (χ0v) is 14.9. The van der Waals surface area contributed by atoms with Gasteiger partial charge in [0, 0.05) is 0 Å². The summed E-state index contributed by atoms with van der Waals surface area (Å²) < 4.78 is 0. The maximum Gasteiger partial charge on any atom is 0.101 e. The molecule has 0 bridgehead atoms. The van der Waals surface area contributed by atoms with Crippen molar-refractivity contribution in [2.45, 2.75) is 53.2 Å². The molecule has 0 amide bonds. The minimum Gasteiger partial charge on any atom is -0.392 e. The predicted octanol–water partition coefficient (Wildman–Crippen LogP) is 3.45. The van der Waals surface area contributed by atoms with Crippen LogP contribution < -0.4 is 0 Å². The van der Waals surface area contributed by atoms with E-state index in [0.717, 1.165) is 22.3 Å². The van der Waals surface area contributed by atoms with E-state index < -0.39 is 12.2 Å². The lowest BCUT2D eigenvalue weighted by Crippen LogP contribution is -2.38. The third kappa shape index (κ3) is 5.61. The Balaban J connectivity index is 2.92. The molecule has 2 atom stereocenters. The van der Waals surface area contributed by atoms with Crippen LogP contribution >= 0.6 is 0 Å². The molecule has 23 heavy (non-hydrogen) atoms. The third-order valence-corrected chi connectivity index (χ3v) is 4.33. The lowest BCUT2D eigenvalue weighted by Gasteiger charge is -2.38. The summed E-state index contributed by atoms with van der Waals surface area (Å²) >= 11 is 0. The van der Waals surface area contributed by atoms with Crippen LogP contribution in [0.1, 0.15) is 41.0 Å². The van der Waals surface area contributed by atoms with Crippen LogP contribution in [-0.4, -0.2) is 34.1 Å². The van der Waals surface area contributed by atoms with Crippen molar-refractivity contribution in [1.29, 1.82) is 0 Å². The number of hydrogen-bond donors (Lipinski definition) is 3. The minimum atomic E-state index is -0.780. The molecule has 1 aliphatic rings. The van der Waals surface area contributed by atoms with Crippen molar-refractivity contribution >= 4 is 0 Å². The summed E-state index contributed by atoms with van der Waals surface area (Å²) in [5.41, 5.74) is 3.88. The quantitative estimate of drug-likeness (QED) is 0.680. The second kappa shape index (κ2) is 8.44. The molecule has 2 unspecified atom stereocenters. The summed E-state index contributed by atoms with van der Waals surface area (Å²) in [6, 6.07) is 0. The van der Waals surface area contributed by atoms with E-state index in [0.29, 0.717) is 6.42 Å². The van der Waals surface area contributed by atoms with Gasteiger partial charge in [-0.1, -0.05) is 61.4 Å². The summed E-state index contributed by atoms with van der Waals surface area (Å²) in [4.78, 5) is 0. The fourth-order valence-corrected chi connectivity index (χ4v) is 2.92. The first kappa shape index (κ1) is 19.6. The summed E-state index contributed by atoms with van der Waals surface area (Å²) in [5.74, 6) is 0. The van der Waals surface area contributed by atoms with Crippen LogP contribution in [0.2, 0.25) is 0 Å². The predicted molar refractivity (Wildman–Crippen MR) is 96.0 cm³/mol. The Kier molecular flexibility index (Phi) is 7.20. The van der Waals surface area contributed by atoms with Crippen molar-refractivity contribution in [2.24, 2.45) is 5.41 Å². The highest BCUT2D eigenvalue weighted by Crippen LogP contribution is 2.41. The maximum atomic E-state index is 10.1. The summed E-state index contributed by atoms with van der Waals surface area (Å²) in [7, 11) is 0. The smallest absolute Gasteiger partial charge is 0.101 e. The average molecular weight is 318 g/mol. The van der Waals surface area contributed by atoms with Gasteiger partial charge in [0.15, 0.2) is 0 Å². The molecule has 0 saturated carbocycles. The molecule has 0 heterocycles. The Bertz CT molecular complexity index is 559. The van der Waals surface area contributed by atoms with E-state index in [4.69, 9.17) is 5.11 Å². The van der Waals surface area contributed by atoms with Crippen molar-refractivity contribution in [3.8, 4) is 0 Å². The zero-order chi connectivity index (χ0) is 17.6. The molecule has 0 aromatic rings. The van der Waals surface area contributed by atoms with Gasteiger partial charge in [-0.2, -0.15) is 0 Å². The molecular formula is C20H30O3. The molecule has 3 heteroatoms. The second-order valence-electron chi connectivity index (χ2n) is 6.93. The van der Waals surface area contributed by atoms with Gasteiger partial charge in [0.1, 0.15) is 6.10 Å². The van der Waals surface area contributed by atoms with Crippen LogP contribution in [0.15, 0.2) is 58.7 Å². The molecule has 3 nitrogen and oxygen atoms in total. The zero-order valence-electron chi connectivity index (χ0n) is 14.9. The molecular weight excluding hydrogens is 288 g/mol. The monoisotopic (exact) mass is 318 g/mol. The molecule has 0 fully saturated rings. The normalized spacial score (nSPS) is 26.6. The Hall–Kier alpha value is -1.42. The van der Waals surface area contributed by atoms with Crippen molar-refractivity contribution < 1.29 is 15.3 Å². The van der Waals surface area contributed by atoms with Gasteiger partial charge in [-0.15, -0.1) is 0 Å². The van der Waals surface area contributed by atoms with E-state index in [-0.39, 0.29) is 12.0 Å². The Morgan fingerprint density at radius 1 is 1.17 bits per heavy atom. The maximum absolute atomic E-state index is 10.1. The fraction of sp³-hybridized carbons (Fsp3) is 0.500. The highest BCUT2D eigenvalue weighted by Gasteiger charge is 2.36. The molecule has 0 radical (unpaired) electrons. The largest absolute Gasteiger partial charge is 0.392 e. The SMILES string of the molecule is CC1=C(/C=C/C(C)=C/C=C/C(C)=C/CO)C(C)(C)CC(O)C1O. The third-order valence-electron chi connectivity index (χ3n) is 4.33. The first-order chi connectivity index (χ1) is 10.7. The Labute approximate surface area is 140 Å². The molecule has 128 valence electrons. The van der Waals surface area contributed by atoms with Gasteiger partial charge in [0.25, 0.3) is 0 Å². The number of aliphatic hydroxyl groups is 3. The van der Waals surface area contributed by atoms with Crippen LogP contribution in [0.5, 0.6) is 0 Å². The molecule has 0 saturated heterocycles. The first-order valence-corrected chi connectivity index (χ1v) is 8.07. The van der Waals surface area contributed by atoms with Gasteiger partial charge in [0.2, 0.25) is 0 Å². The van der Waals surface area contributed by atoms with Crippen molar-refractivity contribution in [1.82, 2.24) is 0 Å². The Morgan fingerprint density at radius 3 is 2.43 bits per heavy atom. The molecule has 1 aliphatic carbocycles. The van der Waals surface area contributed by atoms with Gasteiger partial charge in [-0.05, 0) is 43.8 Å². The lowest BCUT2D eigenvalue weighted by atomic mass is 9.70. The Morgan fingerprint density at radius 2 is 1.83 bits per heavy atom. The van der Waals surface area contributed by atoms with Crippen molar-refractivity contribution in [3.05, 3.63) is 58.7 Å². The van der Waals surface area contributed by atoms with Crippen molar-refractivity contribution in [2.75, 3.05) is 6.61 Å². The summed E-state index contributed by atoms with van der Waals surface area (Å²) in [6.45, 7) is 10.1. The van der Waals surface area contributed by atoms with Crippen LogP contribution in [0.3, 0.4) is 0 Å². The molecule has 0 spiro atoms. The molecule has 0 aromatic heterocycles. The molecule has 0 aliphatic heterocycles. The topological polar surface area (TPSA) is 60.7 Å². The summed E-state index contributed by atoms with van der Waals surface area (Å²) in [6.07, 6.45) is 10.8. The fourth-order valence-electron chi connectivity index (χ4n) is 2.92. The lowest BCUT2D eigenvalue weighted by molar-refractivity contribution is 0.00686. The number of allylic oxidation sites excluding steroid dienone is 8. The summed E-state index contributed by atoms with van der Waals surface area (Å²) in [5, 5.41) is 28.8. The standard InChI is InChI=1S/C20H30O3/c1-14(7-6-8-15(2)11-12-21)9-10-17-16(3)19(23)18(22)13-20(17,4)5/h6-11,18-19,21-23H,12-13H2,1-5H3/b8-6+,10-9+,14-7+,15-11+.